The van der Waals surface area contributed by atoms with Gasteiger partial charge in [-0.3, -0.25) is 0 Å². The average Bonchev–Trinajstić information content (AvgIpc) is 3.29. The van der Waals surface area contributed by atoms with E-state index in [1.54, 1.807) is 21.2 Å². The molecule has 1 unspecified atom stereocenters. The summed E-state index contributed by atoms with van der Waals surface area (Å²) in [5.74, 6) is 0. The van der Waals surface area contributed by atoms with Crippen LogP contribution in [0.1, 0.15) is 33.3 Å². The van der Waals surface area contributed by atoms with Gasteiger partial charge in [0.15, 0.2) is 0 Å². The van der Waals surface area contributed by atoms with Crippen LogP contribution in [0.25, 0.3) is 26.7 Å². The maximum absolute atomic E-state index is 2.52. The Hall–Kier alpha value is -1.15. The molecular weight excluding hydrogens is 452 g/mol. The fraction of sp³-hybridized carbons (Fsp3) is 0.240. The van der Waals surface area contributed by atoms with Gasteiger partial charge in [-0.1, -0.05) is 61.3 Å². The molecule has 0 spiro atoms. The molecule has 7 rings (SSSR count). The predicted octanol–water partition coefficient (Wildman–Crippen LogP) is 7.75. The summed E-state index contributed by atoms with van der Waals surface area (Å²) < 4.78 is 0. The molecule has 3 heterocycles. The molecule has 0 amide bonds. The first-order valence-corrected chi connectivity index (χ1v) is 13.6. The van der Waals surface area contributed by atoms with Crippen LogP contribution in [0.2, 0.25) is 13.1 Å². The zero-order chi connectivity index (χ0) is 18.9. The molecule has 3 aromatic carbocycles. The summed E-state index contributed by atoms with van der Waals surface area (Å²) in [5.41, 5.74) is 5.59. The Morgan fingerprint density at radius 3 is 2.39 bits per heavy atom. The van der Waals surface area contributed by atoms with Crippen LogP contribution in [-0.4, -0.2) is 8.07 Å². The van der Waals surface area contributed by atoms with Crippen molar-refractivity contribution in [1.82, 2.24) is 0 Å². The fourth-order valence-electron chi connectivity index (χ4n) is 5.41. The normalized spacial score (nSPS) is 18.4. The van der Waals surface area contributed by atoms with E-state index < -0.39 is 8.07 Å². The van der Waals surface area contributed by atoms with Crippen molar-refractivity contribution >= 4 is 46.2 Å². The minimum Gasteiger partial charge on any atom is -0.165 e. The van der Waals surface area contributed by atoms with Gasteiger partial charge in [-0.2, -0.15) is 6.07 Å². The Morgan fingerprint density at radius 1 is 0.929 bits per heavy atom. The van der Waals surface area contributed by atoms with E-state index >= 15 is 0 Å². The first kappa shape index (κ1) is 20.1. The summed E-state index contributed by atoms with van der Waals surface area (Å²) in [4.78, 5) is 3.14. The molecule has 0 saturated carbocycles. The smallest absolute Gasteiger partial charge is 0.0941 e. The number of hydrogen-bond donors (Lipinski definition) is 0. The number of rotatable bonds is 0. The Labute approximate surface area is 191 Å². The van der Waals surface area contributed by atoms with Gasteiger partial charge in [0.1, 0.15) is 0 Å². The third-order valence-electron chi connectivity index (χ3n) is 6.38. The second-order valence-corrected chi connectivity index (χ2v) is 14.5. The average molecular weight is 477 g/mol. The molecule has 0 N–H and O–H groups in total. The number of fused-ring (bicyclic) bond motifs is 3. The number of hydrogen-bond acceptors (Lipinski definition) is 1. The van der Waals surface area contributed by atoms with Crippen molar-refractivity contribution in [2.45, 2.75) is 39.4 Å². The third-order valence-corrected chi connectivity index (χ3v) is 11.8. The first-order valence-electron chi connectivity index (χ1n) is 9.74. The van der Waals surface area contributed by atoms with Crippen molar-refractivity contribution in [2.75, 3.05) is 0 Å². The van der Waals surface area contributed by atoms with Crippen LogP contribution < -0.4 is 0 Å². The summed E-state index contributed by atoms with van der Waals surface area (Å²) in [6.45, 7) is 11.7. The van der Waals surface area contributed by atoms with Gasteiger partial charge < -0.3 is 0 Å². The van der Waals surface area contributed by atoms with E-state index in [-0.39, 0.29) is 26.2 Å². The molecular formula is C25H25SSiZr-. The van der Waals surface area contributed by atoms with Crippen molar-refractivity contribution < 1.29 is 26.2 Å². The molecule has 0 radical (unpaired) electrons. The molecule has 2 bridgehead atoms. The number of thiophene rings is 1. The van der Waals surface area contributed by atoms with Gasteiger partial charge in [-0.15, -0.1) is 39.8 Å². The summed E-state index contributed by atoms with van der Waals surface area (Å²) in [7, 11) is -0.995. The SMILES string of the molecule is CC1=C2c3sc(C)cc3C1[Si]2(C)C.Cc1cc2c(ccc3ccccc32)[cH-]1.[Zr]. The van der Waals surface area contributed by atoms with E-state index in [2.05, 4.69) is 88.5 Å². The largest absolute Gasteiger partial charge is 0.165 e. The van der Waals surface area contributed by atoms with Gasteiger partial charge in [0.2, 0.25) is 0 Å². The zero-order valence-electron chi connectivity index (χ0n) is 17.2. The Balaban J connectivity index is 0.000000133. The zero-order valence-corrected chi connectivity index (χ0v) is 21.5. The fourth-order valence-corrected chi connectivity index (χ4v) is 11.7. The molecule has 2 aliphatic heterocycles. The Kier molecular flexibility index (Phi) is 5.01. The third kappa shape index (κ3) is 2.82. The molecule has 3 aliphatic rings. The van der Waals surface area contributed by atoms with Crippen molar-refractivity contribution in [3.8, 4) is 0 Å². The minimum absolute atomic E-state index is 0. The standard InChI is InChI=1S/C14H11.C11H14SSi.Zr/c1-10-8-12-7-6-11-4-2-3-5-13(11)14(12)9-10;1-6-5-8-9(12-6)11-7(2)10(8)13(11,3)4;/h2-9H,1H3;5,10H,1-4H3;/q-1;;. The van der Waals surface area contributed by atoms with Crippen molar-refractivity contribution in [1.29, 1.82) is 0 Å². The maximum Gasteiger partial charge on any atom is 0.0941 e. The topological polar surface area (TPSA) is 0 Å². The van der Waals surface area contributed by atoms with Gasteiger partial charge in [0.25, 0.3) is 0 Å². The van der Waals surface area contributed by atoms with Crippen molar-refractivity contribution in [3.05, 3.63) is 81.1 Å². The summed E-state index contributed by atoms with van der Waals surface area (Å²) in [6, 6.07) is 19.9. The molecule has 0 fully saturated rings. The van der Waals surface area contributed by atoms with Crippen LogP contribution in [0.15, 0.2) is 60.2 Å². The van der Waals surface area contributed by atoms with E-state index in [4.69, 9.17) is 0 Å². The predicted molar refractivity (Wildman–Crippen MR) is 124 cm³/mol. The van der Waals surface area contributed by atoms with Crippen molar-refractivity contribution in [2.24, 2.45) is 0 Å². The molecule has 1 aromatic heterocycles. The summed E-state index contributed by atoms with van der Waals surface area (Å²) >= 11 is 2.01. The second kappa shape index (κ2) is 6.97. The Morgan fingerprint density at radius 2 is 1.68 bits per heavy atom. The monoisotopic (exact) mass is 475 g/mol. The molecule has 28 heavy (non-hydrogen) atoms. The van der Waals surface area contributed by atoms with Gasteiger partial charge in [0, 0.05) is 41.5 Å². The first-order chi connectivity index (χ1) is 12.9. The quantitative estimate of drug-likeness (QED) is 0.180. The van der Waals surface area contributed by atoms with Crippen molar-refractivity contribution in [3.63, 3.8) is 0 Å². The molecule has 0 nitrogen and oxygen atoms in total. The number of allylic oxidation sites excluding steroid dienone is 1. The van der Waals surface area contributed by atoms with Crippen LogP contribution in [0.5, 0.6) is 0 Å². The van der Waals surface area contributed by atoms with Gasteiger partial charge >= 0.3 is 0 Å². The van der Waals surface area contributed by atoms with Crippen LogP contribution in [0, 0.1) is 13.8 Å². The molecule has 140 valence electrons. The molecule has 1 aliphatic carbocycles. The van der Waals surface area contributed by atoms with Gasteiger partial charge in [0.05, 0.1) is 8.07 Å². The minimum atomic E-state index is -0.995. The van der Waals surface area contributed by atoms with E-state index in [9.17, 15) is 0 Å². The molecule has 3 heteroatoms. The van der Waals surface area contributed by atoms with E-state index in [0.29, 0.717) is 0 Å². The van der Waals surface area contributed by atoms with E-state index in [1.165, 1.54) is 32.0 Å². The number of benzene rings is 2. The van der Waals surface area contributed by atoms with Gasteiger partial charge in [-0.25, -0.2) is 0 Å². The molecule has 1 atom stereocenters. The van der Waals surface area contributed by atoms with Crippen LogP contribution >= 0.6 is 11.3 Å². The summed E-state index contributed by atoms with van der Waals surface area (Å²) in [6.07, 6.45) is 0. The summed E-state index contributed by atoms with van der Waals surface area (Å²) in [5, 5.41) is 7.19. The number of aryl methyl sites for hydroxylation is 2. The van der Waals surface area contributed by atoms with E-state index in [1.807, 2.05) is 11.3 Å². The van der Waals surface area contributed by atoms with E-state index in [0.717, 1.165) is 5.54 Å². The Bertz CT molecular complexity index is 1240. The second-order valence-electron chi connectivity index (χ2n) is 8.68. The van der Waals surface area contributed by atoms with Crippen LogP contribution in [0.4, 0.5) is 0 Å². The van der Waals surface area contributed by atoms with Gasteiger partial charge in [-0.05, 0) is 36.1 Å². The maximum atomic E-state index is 2.52. The molecule has 0 saturated heterocycles. The molecule has 4 aromatic rings. The van der Waals surface area contributed by atoms with Crippen LogP contribution in [0.3, 0.4) is 0 Å². The van der Waals surface area contributed by atoms with Crippen LogP contribution in [-0.2, 0) is 26.2 Å².